The Morgan fingerprint density at radius 1 is 1.00 bits per heavy atom. The molecule has 2 N–H and O–H groups in total. The fourth-order valence-corrected chi connectivity index (χ4v) is 7.00. The quantitative estimate of drug-likeness (QED) is 0.155. The molecule has 1 aliphatic heterocycles. The Balaban J connectivity index is 0.000000218. The molecule has 0 spiro atoms. The van der Waals surface area contributed by atoms with Crippen molar-refractivity contribution in [3.05, 3.63) is 75.9 Å². The van der Waals surface area contributed by atoms with Crippen LogP contribution in [0.1, 0.15) is 76.7 Å². The number of fused-ring (bicyclic) bond motifs is 1. The highest BCUT2D eigenvalue weighted by molar-refractivity contribution is 6.40. The summed E-state index contributed by atoms with van der Waals surface area (Å²) in [6.07, 6.45) is 10.4. The summed E-state index contributed by atoms with van der Waals surface area (Å²) in [5, 5.41) is 5.16. The maximum atomic E-state index is 12.8. The molecule has 2 aliphatic rings. The molecule has 292 valence electrons. The van der Waals surface area contributed by atoms with Crippen LogP contribution < -0.4 is 14.8 Å². The van der Waals surface area contributed by atoms with Gasteiger partial charge in [0.05, 0.1) is 23.2 Å². The zero-order valence-electron chi connectivity index (χ0n) is 31.2. The van der Waals surface area contributed by atoms with Crippen molar-refractivity contribution >= 4 is 63.7 Å². The van der Waals surface area contributed by atoms with Crippen molar-refractivity contribution in [2.75, 3.05) is 39.4 Å². The molecule has 1 saturated heterocycles. The lowest BCUT2D eigenvalue weighted by molar-refractivity contribution is 0.0199. The molecule has 3 heterocycles. The molecule has 6 rings (SSSR count). The summed E-state index contributed by atoms with van der Waals surface area (Å²) >= 11 is 18.0. The van der Waals surface area contributed by atoms with Gasteiger partial charge in [-0.15, -0.1) is 0 Å². The lowest BCUT2D eigenvalue weighted by Gasteiger charge is -2.33. The predicted octanol–water partition coefficient (Wildman–Crippen LogP) is 9.08. The number of rotatable bonds is 11. The molecule has 0 bridgehead atoms. The lowest BCUT2D eigenvalue weighted by atomic mass is 9.86. The molecule has 0 radical (unpaired) electrons. The highest BCUT2D eigenvalue weighted by Crippen LogP contribution is 2.36. The van der Waals surface area contributed by atoms with E-state index in [1.54, 1.807) is 34.3 Å². The van der Waals surface area contributed by atoms with Crippen molar-refractivity contribution in [3.8, 4) is 11.5 Å². The number of aromatic nitrogens is 3. The van der Waals surface area contributed by atoms with E-state index in [-0.39, 0.29) is 30.7 Å². The number of amides is 3. The van der Waals surface area contributed by atoms with Gasteiger partial charge in [0.15, 0.2) is 5.75 Å². The minimum Gasteiger partial charge on any atom is -0.493 e. The predicted molar refractivity (Wildman–Crippen MR) is 211 cm³/mol. The standard InChI is InChI=1S/C24H33N3O4.C15H16Cl3N3O2/c1-24(2,3)31-23(29)27-12-10-17(11-13-27)25-22(28)20-14-18-19(26-20)8-5-9-21(18)30-15-16-6-4-7-16;1-2-4-20(15(22)21-5-3-19-10-21)6-7-23-14-12(17)8-11(16)9-13(14)18/h5,8-9,14,16-17,26H,4,6-7,10-13,15H2,1-3H3,(H,25,28);3,5,8-10H,2,4,6-7H2,1H3. The first-order valence-corrected chi connectivity index (χ1v) is 19.5. The number of H-pyrrole nitrogens is 1. The average Bonchev–Trinajstić information content (AvgIpc) is 3.79. The van der Waals surface area contributed by atoms with Crippen molar-refractivity contribution in [3.63, 3.8) is 0 Å². The molecule has 12 nitrogen and oxygen atoms in total. The summed E-state index contributed by atoms with van der Waals surface area (Å²) in [6, 6.07) is 10.7. The maximum Gasteiger partial charge on any atom is 0.410 e. The van der Waals surface area contributed by atoms with Gasteiger partial charge in [0, 0.05) is 54.0 Å². The van der Waals surface area contributed by atoms with E-state index in [2.05, 4.69) is 15.3 Å². The normalized spacial score (nSPS) is 14.8. The van der Waals surface area contributed by atoms with Crippen molar-refractivity contribution in [1.82, 2.24) is 29.7 Å². The summed E-state index contributed by atoms with van der Waals surface area (Å²) in [4.78, 5) is 47.9. The lowest BCUT2D eigenvalue weighted by Crippen LogP contribution is -2.47. The van der Waals surface area contributed by atoms with E-state index >= 15 is 0 Å². The number of imidazole rings is 1. The number of carbonyl (C=O) groups excluding carboxylic acids is 3. The number of aromatic amines is 1. The Labute approximate surface area is 331 Å². The monoisotopic (exact) mass is 802 g/mol. The molecule has 2 aromatic heterocycles. The number of hydrogen-bond donors (Lipinski definition) is 2. The third-order valence-electron chi connectivity index (χ3n) is 9.11. The minimum atomic E-state index is -0.502. The second kappa shape index (κ2) is 19.0. The summed E-state index contributed by atoms with van der Waals surface area (Å²) in [5.74, 6) is 1.72. The topological polar surface area (TPSA) is 131 Å². The fraction of sp³-hybridized carbons (Fsp3) is 0.487. The molecular weight excluding hydrogens is 755 g/mol. The van der Waals surface area contributed by atoms with Crippen molar-refractivity contribution in [2.24, 2.45) is 5.92 Å². The largest absolute Gasteiger partial charge is 0.493 e. The van der Waals surface area contributed by atoms with E-state index in [1.165, 1.54) is 30.2 Å². The van der Waals surface area contributed by atoms with E-state index in [1.807, 2.05) is 52.0 Å². The second-order valence-electron chi connectivity index (χ2n) is 14.5. The number of ether oxygens (including phenoxy) is 3. The van der Waals surface area contributed by atoms with E-state index in [0.29, 0.717) is 71.4 Å². The van der Waals surface area contributed by atoms with Gasteiger partial charge < -0.3 is 34.3 Å². The van der Waals surface area contributed by atoms with Crippen LogP contribution in [0.2, 0.25) is 15.1 Å². The molecule has 2 fully saturated rings. The SMILES string of the molecule is CC(C)(C)OC(=O)N1CCC(NC(=O)c2cc3c(OCC4CCC4)cccc3[nH]2)CC1.CCCN(CCOc1c(Cl)cc(Cl)cc1Cl)C(=O)n1ccnc1. The van der Waals surface area contributed by atoms with Gasteiger partial charge in [0.25, 0.3) is 5.91 Å². The smallest absolute Gasteiger partial charge is 0.410 e. The average molecular weight is 804 g/mol. The van der Waals surface area contributed by atoms with Crippen LogP contribution in [0.4, 0.5) is 9.59 Å². The minimum absolute atomic E-state index is 0.0342. The van der Waals surface area contributed by atoms with Crippen LogP contribution >= 0.6 is 34.8 Å². The molecule has 3 amide bonds. The zero-order valence-corrected chi connectivity index (χ0v) is 33.5. The first-order valence-electron chi connectivity index (χ1n) is 18.4. The number of carbonyl (C=O) groups is 3. The summed E-state index contributed by atoms with van der Waals surface area (Å²) < 4.78 is 18.5. The number of halogens is 3. The molecule has 1 saturated carbocycles. The van der Waals surface area contributed by atoms with Gasteiger partial charge in [-0.25, -0.2) is 14.6 Å². The van der Waals surface area contributed by atoms with Crippen molar-refractivity contribution < 1.29 is 28.6 Å². The van der Waals surface area contributed by atoms with E-state index in [0.717, 1.165) is 29.7 Å². The molecule has 15 heteroatoms. The van der Waals surface area contributed by atoms with E-state index in [9.17, 15) is 14.4 Å². The van der Waals surface area contributed by atoms with Crippen LogP contribution in [0.3, 0.4) is 0 Å². The molecule has 0 atom stereocenters. The molecular formula is C39H49Cl3N6O6. The number of nitrogens with one attached hydrogen (secondary N) is 2. The first kappa shape index (κ1) is 41.0. The Hall–Kier alpha value is -4.13. The van der Waals surface area contributed by atoms with Gasteiger partial charge in [0.1, 0.15) is 30.0 Å². The maximum absolute atomic E-state index is 12.8. The molecule has 1 aliphatic carbocycles. The second-order valence-corrected chi connectivity index (χ2v) is 15.8. The number of likely N-dealkylation sites (tertiary alicyclic amines) is 1. The van der Waals surface area contributed by atoms with Gasteiger partial charge >= 0.3 is 12.1 Å². The van der Waals surface area contributed by atoms with Gasteiger partial charge in [-0.2, -0.15) is 0 Å². The number of benzene rings is 2. The Morgan fingerprint density at radius 2 is 1.72 bits per heavy atom. The van der Waals surface area contributed by atoms with E-state index in [4.69, 9.17) is 49.0 Å². The zero-order chi connectivity index (χ0) is 38.8. The molecule has 54 heavy (non-hydrogen) atoms. The summed E-state index contributed by atoms with van der Waals surface area (Å²) in [5.41, 5.74) is 0.929. The fourth-order valence-electron chi connectivity index (χ4n) is 6.07. The van der Waals surface area contributed by atoms with Crippen LogP contribution in [0.5, 0.6) is 11.5 Å². The Morgan fingerprint density at radius 3 is 2.33 bits per heavy atom. The third-order valence-corrected chi connectivity index (χ3v) is 9.89. The number of nitrogens with zero attached hydrogens (tertiary/aromatic N) is 4. The highest BCUT2D eigenvalue weighted by atomic mass is 35.5. The summed E-state index contributed by atoms with van der Waals surface area (Å²) in [7, 11) is 0. The van der Waals surface area contributed by atoms with Crippen LogP contribution in [0, 0.1) is 5.92 Å². The van der Waals surface area contributed by atoms with Crippen LogP contribution in [0.15, 0.2) is 55.1 Å². The van der Waals surface area contributed by atoms with Gasteiger partial charge in [-0.1, -0.05) is 54.2 Å². The van der Waals surface area contributed by atoms with Gasteiger partial charge in [-0.3, -0.25) is 9.36 Å². The third kappa shape index (κ3) is 11.4. The molecule has 2 aromatic carbocycles. The van der Waals surface area contributed by atoms with Crippen molar-refractivity contribution in [2.45, 2.75) is 77.9 Å². The number of hydrogen-bond acceptors (Lipinski definition) is 7. The van der Waals surface area contributed by atoms with Crippen LogP contribution in [0.25, 0.3) is 10.9 Å². The van der Waals surface area contributed by atoms with E-state index < -0.39 is 5.60 Å². The van der Waals surface area contributed by atoms with Gasteiger partial charge in [0.2, 0.25) is 0 Å². The number of piperidine rings is 1. The highest BCUT2D eigenvalue weighted by Gasteiger charge is 2.28. The molecule has 4 aromatic rings. The summed E-state index contributed by atoms with van der Waals surface area (Å²) in [6.45, 7) is 10.8. The Bertz CT molecular complexity index is 1840. The van der Waals surface area contributed by atoms with Crippen LogP contribution in [-0.4, -0.2) is 93.4 Å². The first-order chi connectivity index (χ1) is 25.8. The van der Waals surface area contributed by atoms with Gasteiger partial charge in [-0.05, 0) is 89.1 Å². The van der Waals surface area contributed by atoms with Crippen LogP contribution in [-0.2, 0) is 4.74 Å². The Kier molecular flexibility index (Phi) is 14.4. The van der Waals surface area contributed by atoms with Crippen molar-refractivity contribution in [1.29, 1.82) is 0 Å². The molecule has 0 unspecified atom stereocenters.